The van der Waals surface area contributed by atoms with Gasteiger partial charge in [0.2, 0.25) is 5.91 Å². The van der Waals surface area contributed by atoms with E-state index in [-0.39, 0.29) is 30.3 Å². The van der Waals surface area contributed by atoms with Gasteiger partial charge >= 0.3 is 0 Å². The number of rotatable bonds is 5. The topological polar surface area (TPSA) is 82.2 Å². The molecule has 1 aromatic carbocycles. The van der Waals surface area contributed by atoms with E-state index in [4.69, 9.17) is 10.5 Å². The van der Waals surface area contributed by atoms with Crippen LogP contribution in [-0.4, -0.2) is 34.9 Å². The van der Waals surface area contributed by atoms with Crippen LogP contribution in [0.5, 0.6) is 0 Å². The lowest BCUT2D eigenvalue weighted by Gasteiger charge is -2.28. The van der Waals surface area contributed by atoms with Gasteiger partial charge in [-0.3, -0.25) is 4.79 Å². The predicted octanol–water partition coefficient (Wildman–Crippen LogP) is 2.23. The van der Waals surface area contributed by atoms with Gasteiger partial charge in [0.15, 0.2) is 0 Å². The number of nitrogens with zero attached hydrogens (tertiary/aromatic N) is 2. The van der Waals surface area contributed by atoms with Crippen LogP contribution in [-0.2, 0) is 9.53 Å². The molecule has 0 bridgehead atoms. The maximum atomic E-state index is 12.5. The van der Waals surface area contributed by atoms with Crippen molar-refractivity contribution >= 4 is 18.3 Å². The Labute approximate surface area is 154 Å². The number of hydrogen-bond acceptors (Lipinski definition) is 4. The van der Waals surface area contributed by atoms with Gasteiger partial charge in [-0.1, -0.05) is 18.2 Å². The van der Waals surface area contributed by atoms with Gasteiger partial charge in [-0.15, -0.1) is 12.4 Å². The summed E-state index contributed by atoms with van der Waals surface area (Å²) < 4.78 is 7.14. The first-order valence-corrected chi connectivity index (χ1v) is 8.39. The first-order chi connectivity index (χ1) is 11.7. The molecule has 1 fully saturated rings. The van der Waals surface area contributed by atoms with E-state index in [0.717, 1.165) is 24.1 Å². The van der Waals surface area contributed by atoms with Gasteiger partial charge in [0.1, 0.15) is 0 Å². The highest BCUT2D eigenvalue weighted by Crippen LogP contribution is 2.22. The monoisotopic (exact) mass is 364 g/mol. The largest absolute Gasteiger partial charge is 0.381 e. The molecule has 2 unspecified atom stereocenters. The third-order valence-corrected chi connectivity index (χ3v) is 4.59. The van der Waals surface area contributed by atoms with Crippen LogP contribution in [0.3, 0.4) is 0 Å². The quantitative estimate of drug-likeness (QED) is 0.852. The molecule has 1 aromatic heterocycles. The molecule has 1 aliphatic heterocycles. The third-order valence-electron chi connectivity index (χ3n) is 4.59. The number of carbonyl (C=O) groups is 1. The number of halogens is 1. The predicted molar refractivity (Wildman–Crippen MR) is 98.9 cm³/mol. The van der Waals surface area contributed by atoms with Crippen molar-refractivity contribution in [1.29, 1.82) is 0 Å². The molecule has 7 heteroatoms. The molecule has 1 amide bonds. The average molecular weight is 365 g/mol. The van der Waals surface area contributed by atoms with Crippen molar-refractivity contribution in [3.8, 4) is 5.69 Å². The van der Waals surface area contributed by atoms with Gasteiger partial charge in [-0.2, -0.15) is 5.10 Å². The highest BCUT2D eigenvalue weighted by Gasteiger charge is 2.27. The Morgan fingerprint density at radius 3 is 2.72 bits per heavy atom. The number of para-hydroxylation sites is 1. The molecule has 0 spiro atoms. The smallest absolute Gasteiger partial charge is 0.237 e. The summed E-state index contributed by atoms with van der Waals surface area (Å²) in [6.45, 7) is 3.34. The molecular weight excluding hydrogens is 340 g/mol. The van der Waals surface area contributed by atoms with Crippen molar-refractivity contribution in [3.05, 3.63) is 48.3 Å². The number of aromatic nitrogens is 2. The highest BCUT2D eigenvalue weighted by molar-refractivity contribution is 5.85. The fraction of sp³-hybridized carbons (Fsp3) is 0.444. The van der Waals surface area contributed by atoms with E-state index in [1.54, 1.807) is 10.9 Å². The summed E-state index contributed by atoms with van der Waals surface area (Å²) in [6.07, 6.45) is 5.31. The summed E-state index contributed by atoms with van der Waals surface area (Å²) in [6, 6.07) is 9.15. The second kappa shape index (κ2) is 8.99. The molecular formula is C18H25ClN4O2. The lowest BCUT2D eigenvalue weighted by Crippen LogP contribution is -2.47. The Bertz CT molecular complexity index is 671. The van der Waals surface area contributed by atoms with E-state index in [0.29, 0.717) is 13.2 Å². The van der Waals surface area contributed by atoms with E-state index in [9.17, 15) is 4.79 Å². The van der Waals surface area contributed by atoms with Crippen LogP contribution in [0, 0.1) is 5.92 Å². The van der Waals surface area contributed by atoms with Crippen molar-refractivity contribution in [2.75, 3.05) is 13.2 Å². The number of nitrogens with two attached hydrogens (primary N) is 1. The second-order valence-electron chi connectivity index (χ2n) is 6.22. The van der Waals surface area contributed by atoms with E-state index in [2.05, 4.69) is 10.4 Å². The van der Waals surface area contributed by atoms with Gasteiger partial charge in [-0.25, -0.2) is 4.68 Å². The minimum absolute atomic E-state index is 0. The number of benzene rings is 1. The molecule has 2 heterocycles. The van der Waals surface area contributed by atoms with Gasteiger partial charge in [0, 0.05) is 25.6 Å². The van der Waals surface area contributed by atoms with Crippen LogP contribution < -0.4 is 11.1 Å². The number of hydrogen-bond donors (Lipinski definition) is 2. The Kier molecular flexibility index (Phi) is 6.99. The Morgan fingerprint density at radius 1 is 1.32 bits per heavy atom. The maximum Gasteiger partial charge on any atom is 0.237 e. The summed E-state index contributed by atoms with van der Waals surface area (Å²) >= 11 is 0. The SMILES string of the molecule is CC(NC(=O)C(N)C1CCOCC1)c1ccccc1-n1cccn1.Cl. The molecule has 136 valence electrons. The standard InChI is InChI=1S/C18H24N4O2.ClH/c1-13(21-18(23)17(19)14-7-11-24-12-8-14)15-5-2-3-6-16(15)22-10-4-9-20-22;/h2-6,9-10,13-14,17H,7-8,11-12,19H2,1H3,(H,21,23);1H. The fourth-order valence-corrected chi connectivity index (χ4v) is 3.15. The van der Waals surface area contributed by atoms with E-state index < -0.39 is 6.04 Å². The molecule has 0 aliphatic carbocycles. The third kappa shape index (κ3) is 4.60. The highest BCUT2D eigenvalue weighted by atomic mass is 35.5. The van der Waals surface area contributed by atoms with Crippen LogP contribution in [0.25, 0.3) is 5.69 Å². The Morgan fingerprint density at radius 2 is 2.04 bits per heavy atom. The second-order valence-corrected chi connectivity index (χ2v) is 6.22. The minimum Gasteiger partial charge on any atom is -0.381 e. The fourth-order valence-electron chi connectivity index (χ4n) is 3.15. The van der Waals surface area contributed by atoms with Crippen LogP contribution in [0.15, 0.2) is 42.7 Å². The van der Waals surface area contributed by atoms with Crippen molar-refractivity contribution < 1.29 is 9.53 Å². The molecule has 1 saturated heterocycles. The molecule has 1 aliphatic rings. The number of amides is 1. The van der Waals surface area contributed by atoms with Crippen molar-refractivity contribution in [2.24, 2.45) is 11.7 Å². The van der Waals surface area contributed by atoms with Crippen molar-refractivity contribution in [1.82, 2.24) is 15.1 Å². The van der Waals surface area contributed by atoms with Crippen LogP contribution >= 0.6 is 12.4 Å². The zero-order valence-electron chi connectivity index (χ0n) is 14.3. The number of carbonyl (C=O) groups excluding carboxylic acids is 1. The Hall–Kier alpha value is -1.89. The normalized spacial score (nSPS) is 17.4. The molecule has 3 rings (SSSR count). The summed E-state index contributed by atoms with van der Waals surface area (Å²) in [7, 11) is 0. The van der Waals surface area contributed by atoms with E-state index in [1.807, 2.05) is 43.5 Å². The van der Waals surface area contributed by atoms with Gasteiger partial charge in [0.25, 0.3) is 0 Å². The molecule has 0 radical (unpaired) electrons. The first kappa shape index (κ1) is 19.4. The first-order valence-electron chi connectivity index (χ1n) is 8.39. The zero-order valence-corrected chi connectivity index (χ0v) is 15.1. The Balaban J connectivity index is 0.00000225. The van der Waals surface area contributed by atoms with Crippen LogP contribution in [0.4, 0.5) is 0 Å². The molecule has 0 saturated carbocycles. The maximum absolute atomic E-state index is 12.5. The average Bonchev–Trinajstić information content (AvgIpc) is 3.16. The molecule has 6 nitrogen and oxygen atoms in total. The number of ether oxygens (including phenoxy) is 1. The van der Waals surface area contributed by atoms with E-state index in [1.165, 1.54) is 0 Å². The summed E-state index contributed by atoms with van der Waals surface area (Å²) in [5.41, 5.74) is 8.13. The molecule has 2 aromatic rings. The molecule has 2 atom stereocenters. The lowest BCUT2D eigenvalue weighted by molar-refractivity contribution is -0.125. The van der Waals surface area contributed by atoms with Crippen molar-refractivity contribution in [3.63, 3.8) is 0 Å². The van der Waals surface area contributed by atoms with Crippen LogP contribution in [0.1, 0.15) is 31.4 Å². The summed E-state index contributed by atoms with van der Waals surface area (Å²) in [4.78, 5) is 12.5. The minimum atomic E-state index is -0.492. The van der Waals surface area contributed by atoms with Crippen LogP contribution in [0.2, 0.25) is 0 Å². The van der Waals surface area contributed by atoms with Gasteiger partial charge in [-0.05, 0) is 43.4 Å². The summed E-state index contributed by atoms with van der Waals surface area (Å²) in [5.74, 6) is 0.0805. The molecule has 25 heavy (non-hydrogen) atoms. The van der Waals surface area contributed by atoms with Crippen molar-refractivity contribution in [2.45, 2.75) is 31.8 Å². The lowest BCUT2D eigenvalue weighted by atomic mass is 9.91. The summed E-state index contributed by atoms with van der Waals surface area (Å²) in [5, 5.41) is 7.33. The van der Waals surface area contributed by atoms with Gasteiger partial charge < -0.3 is 15.8 Å². The molecule has 3 N–H and O–H groups in total. The number of nitrogens with one attached hydrogen (secondary N) is 1. The zero-order chi connectivity index (χ0) is 16.9. The van der Waals surface area contributed by atoms with Gasteiger partial charge in [0.05, 0.1) is 17.8 Å². The van der Waals surface area contributed by atoms with E-state index >= 15 is 0 Å².